The van der Waals surface area contributed by atoms with Gasteiger partial charge in [0.1, 0.15) is 0 Å². The minimum absolute atomic E-state index is 0.0962. The van der Waals surface area contributed by atoms with Crippen LogP contribution in [0, 0.1) is 0 Å². The molecule has 2 fully saturated rings. The second-order valence-corrected chi connectivity index (χ2v) is 6.47. The number of nitrogens with one attached hydrogen (secondary N) is 1. The average Bonchev–Trinajstić information content (AvgIpc) is 3.18. The number of carbonyl (C=O) groups excluding carboxylic acids is 1. The highest BCUT2D eigenvalue weighted by molar-refractivity contribution is 5.74. The van der Waals surface area contributed by atoms with Gasteiger partial charge in [0.25, 0.3) is 0 Å². The summed E-state index contributed by atoms with van der Waals surface area (Å²) < 4.78 is 2.14. The molecule has 0 aliphatic heterocycles. The second-order valence-electron chi connectivity index (χ2n) is 6.47. The van der Waals surface area contributed by atoms with Gasteiger partial charge in [0, 0.05) is 25.5 Å². The Balaban J connectivity index is 1.58. The van der Waals surface area contributed by atoms with Crippen molar-refractivity contribution in [3.63, 3.8) is 0 Å². The molecule has 1 N–H and O–H groups in total. The lowest BCUT2D eigenvalue weighted by atomic mass is 9.95. The van der Waals surface area contributed by atoms with Gasteiger partial charge in [-0.15, -0.1) is 0 Å². The quantitative estimate of drug-likeness (QED) is 0.930. The van der Waals surface area contributed by atoms with E-state index in [9.17, 15) is 4.79 Å². The van der Waals surface area contributed by atoms with E-state index in [4.69, 9.17) is 0 Å². The second kappa shape index (κ2) is 6.50. The Morgan fingerprint density at radius 1 is 1.19 bits per heavy atom. The number of imidazole rings is 1. The van der Waals surface area contributed by atoms with Crippen molar-refractivity contribution in [2.75, 3.05) is 7.05 Å². The molecule has 0 saturated heterocycles. The van der Waals surface area contributed by atoms with Crippen molar-refractivity contribution in [2.45, 2.75) is 69.5 Å². The summed E-state index contributed by atoms with van der Waals surface area (Å²) in [7, 11) is 1.95. The van der Waals surface area contributed by atoms with Crippen LogP contribution < -0.4 is 5.32 Å². The van der Waals surface area contributed by atoms with Crippen LogP contribution in [0.25, 0.3) is 0 Å². The molecule has 2 aliphatic rings. The van der Waals surface area contributed by atoms with Crippen molar-refractivity contribution < 1.29 is 4.79 Å². The maximum absolute atomic E-state index is 12.5. The molecule has 2 amide bonds. The highest BCUT2D eigenvalue weighted by Gasteiger charge is 2.31. The molecule has 2 atom stereocenters. The monoisotopic (exact) mass is 290 g/mol. The first-order chi connectivity index (χ1) is 10.3. The molecule has 5 nitrogen and oxygen atoms in total. The number of amides is 2. The number of rotatable bonds is 3. The summed E-state index contributed by atoms with van der Waals surface area (Å²) in [5.74, 6) is 0. The Labute approximate surface area is 126 Å². The predicted octanol–water partition coefficient (Wildman–Crippen LogP) is 2.95. The summed E-state index contributed by atoms with van der Waals surface area (Å²) in [6, 6.07) is 1.11. The summed E-state index contributed by atoms with van der Waals surface area (Å²) in [6.07, 6.45) is 15.1. The number of urea groups is 1. The van der Waals surface area contributed by atoms with Gasteiger partial charge >= 0.3 is 6.03 Å². The van der Waals surface area contributed by atoms with Crippen LogP contribution in [0.3, 0.4) is 0 Å². The first-order valence-corrected chi connectivity index (χ1v) is 8.26. The largest absolute Gasteiger partial charge is 0.333 e. The molecule has 116 valence electrons. The van der Waals surface area contributed by atoms with Crippen LogP contribution in [0.5, 0.6) is 0 Å². The molecule has 0 radical (unpaired) electrons. The normalized spacial score (nSPS) is 26.7. The Hall–Kier alpha value is -1.52. The number of nitrogens with zero attached hydrogens (tertiary/aromatic N) is 3. The Morgan fingerprint density at radius 3 is 2.71 bits per heavy atom. The Morgan fingerprint density at radius 2 is 2.00 bits per heavy atom. The number of hydrogen-bond acceptors (Lipinski definition) is 2. The van der Waals surface area contributed by atoms with Crippen molar-refractivity contribution in [3.8, 4) is 0 Å². The van der Waals surface area contributed by atoms with E-state index in [1.165, 1.54) is 25.7 Å². The fourth-order valence-corrected chi connectivity index (χ4v) is 3.83. The minimum Gasteiger partial charge on any atom is -0.333 e. The van der Waals surface area contributed by atoms with E-state index in [0.29, 0.717) is 12.1 Å². The van der Waals surface area contributed by atoms with Crippen molar-refractivity contribution in [1.29, 1.82) is 0 Å². The highest BCUT2D eigenvalue weighted by Crippen LogP contribution is 2.30. The molecule has 0 aromatic carbocycles. The minimum atomic E-state index is 0.0962. The molecule has 1 heterocycles. The summed E-state index contributed by atoms with van der Waals surface area (Å²) in [4.78, 5) is 18.6. The maximum Gasteiger partial charge on any atom is 0.317 e. The molecule has 5 heteroatoms. The molecule has 21 heavy (non-hydrogen) atoms. The van der Waals surface area contributed by atoms with Crippen molar-refractivity contribution in [1.82, 2.24) is 19.8 Å². The van der Waals surface area contributed by atoms with E-state index in [-0.39, 0.29) is 12.1 Å². The van der Waals surface area contributed by atoms with Gasteiger partial charge in [-0.25, -0.2) is 9.78 Å². The molecular weight excluding hydrogens is 264 g/mol. The van der Waals surface area contributed by atoms with E-state index in [2.05, 4.69) is 14.9 Å². The molecule has 3 rings (SSSR count). The third-order valence-corrected chi connectivity index (χ3v) is 5.14. The zero-order valence-corrected chi connectivity index (χ0v) is 12.9. The van der Waals surface area contributed by atoms with Gasteiger partial charge in [-0.1, -0.05) is 19.3 Å². The molecule has 0 unspecified atom stereocenters. The standard InChI is InChI=1S/C16H26N4O/c1-19(13-6-3-2-4-7-13)16(21)18-14-8-5-9-15(14)20-11-10-17-12-20/h10-15H,2-9H2,1H3,(H,18,21)/t14-,15+/m1/s1. The van der Waals surface area contributed by atoms with Crippen LogP contribution in [-0.4, -0.2) is 39.6 Å². The third-order valence-electron chi connectivity index (χ3n) is 5.14. The zero-order valence-electron chi connectivity index (χ0n) is 12.9. The highest BCUT2D eigenvalue weighted by atomic mass is 16.2. The summed E-state index contributed by atoms with van der Waals surface area (Å²) >= 11 is 0. The first-order valence-electron chi connectivity index (χ1n) is 8.26. The van der Waals surface area contributed by atoms with Crippen LogP contribution in [0.4, 0.5) is 4.79 Å². The summed E-state index contributed by atoms with van der Waals surface area (Å²) in [6.45, 7) is 0. The predicted molar refractivity (Wildman–Crippen MR) is 82.1 cm³/mol. The van der Waals surface area contributed by atoms with E-state index < -0.39 is 0 Å². The van der Waals surface area contributed by atoms with Gasteiger partial charge in [-0.3, -0.25) is 0 Å². The Bertz CT molecular complexity index is 453. The van der Waals surface area contributed by atoms with Crippen LogP contribution in [-0.2, 0) is 0 Å². The van der Waals surface area contributed by atoms with Crippen LogP contribution >= 0.6 is 0 Å². The van der Waals surface area contributed by atoms with E-state index in [1.54, 1.807) is 0 Å². The van der Waals surface area contributed by atoms with Gasteiger partial charge < -0.3 is 14.8 Å². The van der Waals surface area contributed by atoms with Crippen LogP contribution in [0.2, 0.25) is 0 Å². The van der Waals surface area contributed by atoms with Gasteiger partial charge in [-0.05, 0) is 32.1 Å². The van der Waals surface area contributed by atoms with Crippen LogP contribution in [0.15, 0.2) is 18.7 Å². The van der Waals surface area contributed by atoms with Crippen LogP contribution in [0.1, 0.15) is 57.4 Å². The Kier molecular flexibility index (Phi) is 4.46. The number of hydrogen-bond donors (Lipinski definition) is 1. The topological polar surface area (TPSA) is 50.2 Å². The molecule has 0 bridgehead atoms. The van der Waals surface area contributed by atoms with Crippen molar-refractivity contribution >= 4 is 6.03 Å². The number of carbonyl (C=O) groups is 1. The average molecular weight is 290 g/mol. The van der Waals surface area contributed by atoms with Gasteiger partial charge in [0.2, 0.25) is 0 Å². The maximum atomic E-state index is 12.5. The first kappa shape index (κ1) is 14.4. The lowest BCUT2D eigenvalue weighted by molar-refractivity contribution is 0.168. The van der Waals surface area contributed by atoms with E-state index in [1.807, 2.05) is 30.7 Å². The van der Waals surface area contributed by atoms with Crippen molar-refractivity contribution in [3.05, 3.63) is 18.7 Å². The molecule has 2 aliphatic carbocycles. The van der Waals surface area contributed by atoms with E-state index >= 15 is 0 Å². The van der Waals surface area contributed by atoms with Crippen molar-refractivity contribution in [2.24, 2.45) is 0 Å². The molecule has 1 aromatic heterocycles. The lowest BCUT2D eigenvalue weighted by Gasteiger charge is -2.33. The molecule has 0 spiro atoms. The molecular formula is C16H26N4O. The van der Waals surface area contributed by atoms with Gasteiger partial charge in [0.05, 0.1) is 18.4 Å². The SMILES string of the molecule is CN(C(=O)N[C@@H]1CCC[C@@H]1n1ccnc1)C1CCCCC1. The molecule has 2 saturated carbocycles. The summed E-state index contributed by atoms with van der Waals surface area (Å²) in [5, 5.41) is 3.25. The van der Waals surface area contributed by atoms with Gasteiger partial charge in [-0.2, -0.15) is 0 Å². The lowest BCUT2D eigenvalue weighted by Crippen LogP contribution is -2.48. The fourth-order valence-electron chi connectivity index (χ4n) is 3.83. The van der Waals surface area contributed by atoms with E-state index in [0.717, 1.165) is 25.7 Å². The fraction of sp³-hybridized carbons (Fsp3) is 0.750. The third kappa shape index (κ3) is 3.22. The summed E-state index contributed by atoms with van der Waals surface area (Å²) in [5.41, 5.74) is 0. The zero-order chi connectivity index (χ0) is 14.7. The molecule has 1 aromatic rings. The van der Waals surface area contributed by atoms with Gasteiger partial charge in [0.15, 0.2) is 0 Å². The smallest absolute Gasteiger partial charge is 0.317 e. The number of aromatic nitrogens is 2.